The number of carbonyl (C=O) groups is 1. The van der Waals surface area contributed by atoms with Gasteiger partial charge in [0.15, 0.2) is 6.61 Å². The molecule has 1 aromatic rings. The van der Waals surface area contributed by atoms with Gasteiger partial charge in [0.1, 0.15) is 5.75 Å². The Morgan fingerprint density at radius 2 is 1.95 bits per heavy atom. The molecule has 2 rings (SSSR count). The van der Waals surface area contributed by atoms with Gasteiger partial charge in [0.2, 0.25) is 0 Å². The van der Waals surface area contributed by atoms with Gasteiger partial charge in [0.05, 0.1) is 11.6 Å². The Labute approximate surface area is 124 Å². The summed E-state index contributed by atoms with van der Waals surface area (Å²) in [6, 6.07) is 5.17. The van der Waals surface area contributed by atoms with Gasteiger partial charge in [-0.15, -0.1) is 0 Å². The van der Waals surface area contributed by atoms with Crippen LogP contribution in [0.1, 0.15) is 31.2 Å². The van der Waals surface area contributed by atoms with E-state index in [-0.39, 0.29) is 19.1 Å². The number of hydrogen-bond donors (Lipinski definition) is 1. The van der Waals surface area contributed by atoms with Crippen LogP contribution in [0, 0.1) is 0 Å². The van der Waals surface area contributed by atoms with Crippen LogP contribution < -0.4 is 4.74 Å². The molecule has 5 heteroatoms. The molecule has 1 heterocycles. The van der Waals surface area contributed by atoms with Crippen LogP contribution in [-0.4, -0.2) is 35.6 Å². The minimum absolute atomic E-state index is 0.0179. The molecule has 1 amide bonds. The summed E-state index contributed by atoms with van der Waals surface area (Å²) >= 11 is 6.04. The average molecular weight is 298 g/mol. The van der Waals surface area contributed by atoms with E-state index < -0.39 is 0 Å². The first-order valence-electron chi connectivity index (χ1n) is 7.01. The van der Waals surface area contributed by atoms with Crippen molar-refractivity contribution in [3.8, 4) is 5.75 Å². The van der Waals surface area contributed by atoms with Gasteiger partial charge in [0, 0.05) is 18.7 Å². The van der Waals surface area contributed by atoms with Crippen molar-refractivity contribution in [1.82, 2.24) is 4.90 Å². The summed E-state index contributed by atoms with van der Waals surface area (Å²) in [5.41, 5.74) is 0.598. The largest absolute Gasteiger partial charge is 0.482 e. The zero-order valence-electron chi connectivity index (χ0n) is 11.5. The number of benzene rings is 1. The molecule has 1 aromatic carbocycles. The SMILES string of the molecule is O=C(COc1c(Cl)cccc1CO)N1CCCCCC1. The molecule has 1 saturated heterocycles. The molecular formula is C15H20ClNO3. The second-order valence-electron chi connectivity index (χ2n) is 4.97. The van der Waals surface area contributed by atoms with Gasteiger partial charge in [-0.3, -0.25) is 4.79 Å². The van der Waals surface area contributed by atoms with Gasteiger partial charge in [0.25, 0.3) is 5.91 Å². The molecule has 0 radical (unpaired) electrons. The van der Waals surface area contributed by atoms with Crippen molar-refractivity contribution in [1.29, 1.82) is 0 Å². The minimum Gasteiger partial charge on any atom is -0.482 e. The van der Waals surface area contributed by atoms with E-state index in [1.165, 1.54) is 12.8 Å². The van der Waals surface area contributed by atoms with Gasteiger partial charge >= 0.3 is 0 Å². The highest BCUT2D eigenvalue weighted by molar-refractivity contribution is 6.32. The summed E-state index contributed by atoms with van der Waals surface area (Å²) in [6.45, 7) is 1.42. The Bertz CT molecular complexity index is 456. The zero-order chi connectivity index (χ0) is 14.4. The summed E-state index contributed by atoms with van der Waals surface area (Å²) in [4.78, 5) is 14.0. The third-order valence-electron chi connectivity index (χ3n) is 3.52. The number of likely N-dealkylation sites (tertiary alicyclic amines) is 1. The van der Waals surface area contributed by atoms with E-state index in [1.807, 2.05) is 4.90 Å². The van der Waals surface area contributed by atoms with Gasteiger partial charge < -0.3 is 14.7 Å². The van der Waals surface area contributed by atoms with Crippen molar-refractivity contribution in [2.75, 3.05) is 19.7 Å². The number of halogens is 1. The predicted molar refractivity (Wildman–Crippen MR) is 77.9 cm³/mol. The monoisotopic (exact) mass is 297 g/mol. The van der Waals surface area contributed by atoms with Crippen LogP contribution in [0.15, 0.2) is 18.2 Å². The van der Waals surface area contributed by atoms with E-state index in [1.54, 1.807) is 18.2 Å². The van der Waals surface area contributed by atoms with Gasteiger partial charge in [-0.25, -0.2) is 0 Å². The van der Waals surface area contributed by atoms with Crippen LogP contribution in [0.5, 0.6) is 5.75 Å². The Balaban J connectivity index is 1.96. The third-order valence-corrected chi connectivity index (χ3v) is 3.82. The Hall–Kier alpha value is -1.26. The summed E-state index contributed by atoms with van der Waals surface area (Å²) in [7, 11) is 0. The fourth-order valence-corrected chi connectivity index (χ4v) is 2.63. The van der Waals surface area contributed by atoms with Crippen molar-refractivity contribution in [3.05, 3.63) is 28.8 Å². The Morgan fingerprint density at radius 3 is 2.60 bits per heavy atom. The van der Waals surface area contributed by atoms with Crippen molar-refractivity contribution in [2.45, 2.75) is 32.3 Å². The average Bonchev–Trinajstić information content (AvgIpc) is 2.74. The van der Waals surface area contributed by atoms with Crippen LogP contribution in [0.2, 0.25) is 5.02 Å². The number of amides is 1. The maximum atomic E-state index is 12.1. The quantitative estimate of drug-likeness (QED) is 0.929. The lowest BCUT2D eigenvalue weighted by Gasteiger charge is -2.21. The van der Waals surface area contributed by atoms with E-state index in [0.717, 1.165) is 25.9 Å². The summed E-state index contributed by atoms with van der Waals surface area (Å²) in [5, 5.41) is 9.68. The van der Waals surface area contributed by atoms with Gasteiger partial charge in [-0.2, -0.15) is 0 Å². The molecule has 0 aliphatic carbocycles. The molecule has 1 aliphatic rings. The summed E-state index contributed by atoms with van der Waals surface area (Å²) in [6.07, 6.45) is 4.48. The highest BCUT2D eigenvalue weighted by atomic mass is 35.5. The molecule has 1 aliphatic heterocycles. The standard InChI is InChI=1S/C15H20ClNO3/c16-13-7-5-6-12(10-18)15(13)20-11-14(19)17-8-3-1-2-4-9-17/h5-7,18H,1-4,8-11H2. The first kappa shape index (κ1) is 15.1. The van der Waals surface area contributed by atoms with Crippen LogP contribution >= 0.6 is 11.6 Å². The van der Waals surface area contributed by atoms with Crippen molar-refractivity contribution in [3.63, 3.8) is 0 Å². The Kier molecular flexibility index (Phi) is 5.68. The first-order chi connectivity index (χ1) is 9.72. The molecule has 20 heavy (non-hydrogen) atoms. The molecule has 0 saturated carbocycles. The van der Waals surface area contributed by atoms with Crippen LogP contribution in [-0.2, 0) is 11.4 Å². The topological polar surface area (TPSA) is 49.8 Å². The smallest absolute Gasteiger partial charge is 0.260 e. The molecule has 0 spiro atoms. The van der Waals surface area contributed by atoms with Crippen molar-refractivity contribution >= 4 is 17.5 Å². The van der Waals surface area contributed by atoms with E-state index in [4.69, 9.17) is 16.3 Å². The number of rotatable bonds is 4. The van der Waals surface area contributed by atoms with Gasteiger partial charge in [-0.05, 0) is 18.9 Å². The minimum atomic E-state index is -0.159. The van der Waals surface area contributed by atoms with Crippen molar-refractivity contribution < 1.29 is 14.6 Å². The normalized spacial score (nSPS) is 15.8. The molecule has 1 N–H and O–H groups in total. The van der Waals surface area contributed by atoms with E-state index in [0.29, 0.717) is 16.3 Å². The lowest BCUT2D eigenvalue weighted by atomic mass is 10.2. The van der Waals surface area contributed by atoms with E-state index in [2.05, 4.69) is 0 Å². The first-order valence-corrected chi connectivity index (χ1v) is 7.39. The summed E-state index contributed by atoms with van der Waals surface area (Å²) < 4.78 is 5.53. The number of aliphatic hydroxyl groups excluding tert-OH is 1. The second kappa shape index (κ2) is 7.50. The molecule has 110 valence electrons. The van der Waals surface area contributed by atoms with Crippen LogP contribution in [0.3, 0.4) is 0 Å². The molecule has 0 atom stereocenters. The number of aliphatic hydroxyl groups is 1. The lowest BCUT2D eigenvalue weighted by molar-refractivity contribution is -0.133. The number of ether oxygens (including phenoxy) is 1. The number of nitrogens with zero attached hydrogens (tertiary/aromatic N) is 1. The van der Waals surface area contributed by atoms with E-state index in [9.17, 15) is 9.90 Å². The second-order valence-corrected chi connectivity index (χ2v) is 5.38. The highest BCUT2D eigenvalue weighted by Crippen LogP contribution is 2.28. The number of carbonyl (C=O) groups excluding carboxylic acids is 1. The number of hydrogen-bond acceptors (Lipinski definition) is 3. The predicted octanol–water partition coefficient (Wildman–Crippen LogP) is 2.61. The molecule has 0 unspecified atom stereocenters. The molecule has 1 fully saturated rings. The highest BCUT2D eigenvalue weighted by Gasteiger charge is 2.17. The molecule has 4 nitrogen and oxygen atoms in total. The zero-order valence-corrected chi connectivity index (χ0v) is 12.2. The lowest BCUT2D eigenvalue weighted by Crippen LogP contribution is -2.35. The maximum absolute atomic E-state index is 12.1. The summed E-state index contributed by atoms with van der Waals surface area (Å²) in [5.74, 6) is 0.385. The molecule has 0 aromatic heterocycles. The fraction of sp³-hybridized carbons (Fsp3) is 0.533. The fourth-order valence-electron chi connectivity index (χ4n) is 2.38. The van der Waals surface area contributed by atoms with Crippen LogP contribution in [0.25, 0.3) is 0 Å². The van der Waals surface area contributed by atoms with Crippen LogP contribution in [0.4, 0.5) is 0 Å². The van der Waals surface area contributed by atoms with E-state index >= 15 is 0 Å². The molecule has 0 bridgehead atoms. The molecular weight excluding hydrogens is 278 g/mol. The van der Waals surface area contributed by atoms with Crippen molar-refractivity contribution in [2.24, 2.45) is 0 Å². The Morgan fingerprint density at radius 1 is 1.25 bits per heavy atom. The maximum Gasteiger partial charge on any atom is 0.260 e. The van der Waals surface area contributed by atoms with Gasteiger partial charge in [-0.1, -0.05) is 36.6 Å². The number of para-hydroxylation sites is 1. The third kappa shape index (κ3) is 3.87.